The van der Waals surface area contributed by atoms with Crippen LogP contribution in [0.2, 0.25) is 0 Å². The molecule has 152 valence electrons. The van der Waals surface area contributed by atoms with Gasteiger partial charge in [0, 0.05) is 18.5 Å². The molecule has 0 spiro atoms. The Labute approximate surface area is 163 Å². The Morgan fingerprint density at radius 2 is 2.11 bits per heavy atom. The summed E-state index contributed by atoms with van der Waals surface area (Å²) in [4.78, 5) is 28.0. The monoisotopic (exact) mass is 389 g/mol. The zero-order valence-corrected chi connectivity index (χ0v) is 16.5. The molecule has 28 heavy (non-hydrogen) atoms. The van der Waals surface area contributed by atoms with E-state index in [0.717, 1.165) is 23.8 Å². The van der Waals surface area contributed by atoms with Crippen molar-refractivity contribution in [2.24, 2.45) is 5.92 Å². The quantitative estimate of drug-likeness (QED) is 0.781. The van der Waals surface area contributed by atoms with Crippen LogP contribution in [-0.4, -0.2) is 48.9 Å². The standard InChI is InChI=1S/C18H25N5O2.CH2O2/c1-11(2)8-15-18-19-17(13-4-5-13)20-23(18)7-6-22(15)16(24)10-14-9-12(3)21-25-14;2-1-3/h9,11,13,15H,4-8,10H2,1-3H3;1H,(H,2,3)/t15-;/m0./s1. The third kappa shape index (κ3) is 4.58. The van der Waals surface area contributed by atoms with Crippen LogP contribution in [0.15, 0.2) is 10.6 Å². The third-order valence-corrected chi connectivity index (χ3v) is 4.90. The molecule has 2 aromatic heterocycles. The van der Waals surface area contributed by atoms with Crippen LogP contribution < -0.4 is 0 Å². The predicted octanol–water partition coefficient (Wildman–Crippen LogP) is 2.32. The SMILES string of the molecule is Cc1cc(CC(=O)N2CCn3nc(C4CC4)nc3[C@@H]2CC(C)C)on1.O=CO. The summed E-state index contributed by atoms with van der Waals surface area (Å²) >= 11 is 0. The lowest BCUT2D eigenvalue weighted by molar-refractivity contribution is -0.135. The summed E-state index contributed by atoms with van der Waals surface area (Å²) in [7, 11) is 0. The van der Waals surface area contributed by atoms with Gasteiger partial charge in [0.25, 0.3) is 6.47 Å². The topological polar surface area (TPSA) is 114 Å². The number of carbonyl (C=O) groups excluding carboxylic acids is 1. The van der Waals surface area contributed by atoms with Crippen molar-refractivity contribution in [3.63, 3.8) is 0 Å². The summed E-state index contributed by atoms with van der Waals surface area (Å²) < 4.78 is 7.24. The summed E-state index contributed by atoms with van der Waals surface area (Å²) in [5.41, 5.74) is 0.800. The van der Waals surface area contributed by atoms with Crippen LogP contribution in [-0.2, 0) is 22.6 Å². The molecule has 1 N–H and O–H groups in total. The molecule has 1 saturated carbocycles. The third-order valence-electron chi connectivity index (χ3n) is 4.90. The number of hydrogen-bond donors (Lipinski definition) is 1. The van der Waals surface area contributed by atoms with Crippen molar-refractivity contribution < 1.29 is 19.2 Å². The average Bonchev–Trinajstić information content (AvgIpc) is 3.26. The second kappa shape index (κ2) is 8.53. The van der Waals surface area contributed by atoms with Crippen LogP contribution >= 0.6 is 0 Å². The Bertz CT molecular complexity index is 824. The first kappa shape index (κ1) is 20.0. The maximum absolute atomic E-state index is 12.9. The Morgan fingerprint density at radius 3 is 2.68 bits per heavy atom. The fourth-order valence-electron chi connectivity index (χ4n) is 3.52. The van der Waals surface area contributed by atoms with Crippen molar-refractivity contribution in [2.45, 2.75) is 65.0 Å². The molecule has 2 aromatic rings. The van der Waals surface area contributed by atoms with Crippen molar-refractivity contribution in [2.75, 3.05) is 6.54 Å². The van der Waals surface area contributed by atoms with Gasteiger partial charge in [0.15, 0.2) is 5.82 Å². The highest BCUT2D eigenvalue weighted by molar-refractivity contribution is 5.78. The molecule has 9 nitrogen and oxygen atoms in total. The van der Waals surface area contributed by atoms with Crippen molar-refractivity contribution >= 4 is 12.4 Å². The van der Waals surface area contributed by atoms with E-state index < -0.39 is 0 Å². The number of amides is 1. The highest BCUT2D eigenvalue weighted by atomic mass is 16.5. The summed E-state index contributed by atoms with van der Waals surface area (Å²) in [6, 6.07) is 1.82. The molecule has 1 atom stereocenters. The van der Waals surface area contributed by atoms with Gasteiger partial charge in [0.1, 0.15) is 11.6 Å². The number of aryl methyl sites for hydroxylation is 1. The second-order valence-electron chi connectivity index (χ2n) is 7.77. The molecule has 9 heteroatoms. The van der Waals surface area contributed by atoms with E-state index in [4.69, 9.17) is 24.5 Å². The summed E-state index contributed by atoms with van der Waals surface area (Å²) in [5.74, 6) is 3.60. The van der Waals surface area contributed by atoms with Crippen molar-refractivity contribution in [1.82, 2.24) is 24.8 Å². The van der Waals surface area contributed by atoms with E-state index in [1.54, 1.807) is 0 Å². The minimum absolute atomic E-state index is 0.00901. The van der Waals surface area contributed by atoms with Gasteiger partial charge in [-0.15, -0.1) is 0 Å². The van der Waals surface area contributed by atoms with E-state index in [1.165, 1.54) is 12.8 Å². The first-order chi connectivity index (χ1) is 13.4. The number of carboxylic acid groups (broad SMARTS) is 1. The Kier molecular flexibility index (Phi) is 6.11. The molecule has 0 saturated heterocycles. The van der Waals surface area contributed by atoms with Gasteiger partial charge in [-0.3, -0.25) is 9.59 Å². The Balaban J connectivity index is 0.000000706. The summed E-state index contributed by atoms with van der Waals surface area (Å²) in [6.45, 7) is 7.36. The maximum Gasteiger partial charge on any atom is 0.290 e. The van der Waals surface area contributed by atoms with Crippen LogP contribution in [0.1, 0.15) is 68.2 Å². The van der Waals surface area contributed by atoms with Gasteiger partial charge in [-0.2, -0.15) is 5.10 Å². The van der Waals surface area contributed by atoms with Gasteiger partial charge in [-0.05, 0) is 32.1 Å². The highest BCUT2D eigenvalue weighted by Crippen LogP contribution is 2.40. The van der Waals surface area contributed by atoms with Crippen molar-refractivity contribution in [3.05, 3.63) is 29.2 Å². The molecule has 1 aliphatic carbocycles. The number of aromatic nitrogens is 4. The lowest BCUT2D eigenvalue weighted by Gasteiger charge is -2.36. The first-order valence-corrected chi connectivity index (χ1v) is 9.67. The number of rotatable bonds is 5. The molecule has 1 fully saturated rings. The molecule has 0 radical (unpaired) electrons. The first-order valence-electron chi connectivity index (χ1n) is 9.67. The second-order valence-corrected chi connectivity index (χ2v) is 7.77. The van der Waals surface area contributed by atoms with E-state index in [0.29, 0.717) is 30.7 Å². The van der Waals surface area contributed by atoms with E-state index in [-0.39, 0.29) is 24.8 Å². The summed E-state index contributed by atoms with van der Waals surface area (Å²) in [5, 5.41) is 15.5. The van der Waals surface area contributed by atoms with Crippen molar-refractivity contribution in [1.29, 1.82) is 0 Å². The minimum atomic E-state index is -0.250. The smallest absolute Gasteiger partial charge is 0.290 e. The molecular formula is C19H27N5O4. The average molecular weight is 389 g/mol. The number of carbonyl (C=O) groups is 2. The van der Waals surface area contributed by atoms with Crippen LogP contribution in [0, 0.1) is 12.8 Å². The molecule has 2 aliphatic rings. The highest BCUT2D eigenvalue weighted by Gasteiger charge is 2.37. The number of fused-ring (bicyclic) bond motifs is 1. The van der Waals surface area contributed by atoms with E-state index >= 15 is 0 Å². The van der Waals surface area contributed by atoms with E-state index in [2.05, 4.69) is 19.0 Å². The molecule has 1 amide bonds. The van der Waals surface area contributed by atoms with E-state index in [9.17, 15) is 4.79 Å². The fraction of sp³-hybridized carbons (Fsp3) is 0.632. The van der Waals surface area contributed by atoms with Crippen LogP contribution in [0.4, 0.5) is 0 Å². The minimum Gasteiger partial charge on any atom is -0.483 e. The number of hydrogen-bond acceptors (Lipinski definition) is 6. The van der Waals surface area contributed by atoms with Gasteiger partial charge in [0.2, 0.25) is 5.91 Å². The lowest BCUT2D eigenvalue weighted by Crippen LogP contribution is -2.43. The van der Waals surface area contributed by atoms with Crippen LogP contribution in [0.25, 0.3) is 0 Å². The van der Waals surface area contributed by atoms with Crippen molar-refractivity contribution in [3.8, 4) is 0 Å². The molecule has 0 aromatic carbocycles. The van der Waals surface area contributed by atoms with Gasteiger partial charge in [-0.1, -0.05) is 19.0 Å². The molecule has 4 rings (SSSR count). The molecule has 0 unspecified atom stereocenters. The van der Waals surface area contributed by atoms with E-state index in [1.807, 2.05) is 22.6 Å². The normalized spacial score (nSPS) is 18.4. The molecule has 3 heterocycles. The van der Waals surface area contributed by atoms with Gasteiger partial charge in [-0.25, -0.2) is 9.67 Å². The lowest BCUT2D eigenvalue weighted by atomic mass is 9.99. The zero-order valence-electron chi connectivity index (χ0n) is 16.5. The molecule has 0 bridgehead atoms. The largest absolute Gasteiger partial charge is 0.483 e. The zero-order chi connectivity index (χ0) is 20.3. The fourth-order valence-corrected chi connectivity index (χ4v) is 3.52. The predicted molar refractivity (Wildman–Crippen MR) is 99.5 cm³/mol. The Morgan fingerprint density at radius 1 is 1.39 bits per heavy atom. The van der Waals surface area contributed by atoms with Gasteiger partial charge < -0.3 is 14.5 Å². The Hall–Kier alpha value is -2.71. The maximum atomic E-state index is 12.9. The molecule has 1 aliphatic heterocycles. The van der Waals surface area contributed by atoms with Crippen LogP contribution in [0.3, 0.4) is 0 Å². The number of nitrogens with zero attached hydrogens (tertiary/aromatic N) is 5. The van der Waals surface area contributed by atoms with Gasteiger partial charge >= 0.3 is 0 Å². The van der Waals surface area contributed by atoms with Gasteiger partial charge in [0.05, 0.1) is 24.7 Å². The molecular weight excluding hydrogens is 362 g/mol. The summed E-state index contributed by atoms with van der Waals surface area (Å²) in [6.07, 6.45) is 3.51. The van der Waals surface area contributed by atoms with Crippen LogP contribution in [0.5, 0.6) is 0 Å².